The van der Waals surface area contributed by atoms with E-state index in [4.69, 9.17) is 11.6 Å². The highest BCUT2D eigenvalue weighted by atomic mass is 79.9. The molecule has 1 amide bonds. The second kappa shape index (κ2) is 3.91. The molecule has 0 unspecified atom stereocenters. The van der Waals surface area contributed by atoms with Gasteiger partial charge < -0.3 is 4.90 Å². The van der Waals surface area contributed by atoms with E-state index in [9.17, 15) is 4.79 Å². The van der Waals surface area contributed by atoms with Crippen molar-refractivity contribution in [2.75, 3.05) is 13.1 Å². The molecule has 1 aliphatic rings. The molecule has 0 bridgehead atoms. The number of rotatable bonds is 1. The maximum Gasteiger partial charge on any atom is 0.255 e. The van der Waals surface area contributed by atoms with Crippen molar-refractivity contribution in [1.29, 1.82) is 0 Å². The third-order valence-corrected chi connectivity index (χ3v) is 3.72. The summed E-state index contributed by atoms with van der Waals surface area (Å²) in [4.78, 5) is 13.7. The van der Waals surface area contributed by atoms with Crippen molar-refractivity contribution >= 4 is 33.4 Å². The van der Waals surface area contributed by atoms with Gasteiger partial charge in [-0.25, -0.2) is 0 Å². The average molecular weight is 275 g/mol. The van der Waals surface area contributed by atoms with Crippen LogP contribution in [0.1, 0.15) is 16.8 Å². The molecule has 1 aromatic rings. The SMILES string of the molecule is O=C(c1cccc(Cl)c1Br)N1CCC1. The average Bonchev–Trinajstić information content (AvgIpc) is 2.06. The van der Waals surface area contributed by atoms with Crippen LogP contribution in [0.3, 0.4) is 0 Å². The molecule has 2 nitrogen and oxygen atoms in total. The number of likely N-dealkylation sites (tertiary alicyclic amines) is 1. The Labute approximate surface area is 96.0 Å². The summed E-state index contributed by atoms with van der Waals surface area (Å²) < 4.78 is 0.693. The minimum Gasteiger partial charge on any atom is -0.338 e. The quantitative estimate of drug-likeness (QED) is 0.771. The van der Waals surface area contributed by atoms with E-state index in [1.54, 1.807) is 18.2 Å². The maximum atomic E-state index is 11.8. The fourth-order valence-corrected chi connectivity index (χ4v) is 1.97. The van der Waals surface area contributed by atoms with Crippen LogP contribution in [0.2, 0.25) is 5.02 Å². The number of carbonyl (C=O) groups excluding carboxylic acids is 1. The second-order valence-electron chi connectivity index (χ2n) is 3.25. The lowest BCUT2D eigenvalue weighted by Crippen LogP contribution is -2.42. The molecule has 0 aromatic heterocycles. The molecule has 0 radical (unpaired) electrons. The molecule has 0 aliphatic carbocycles. The molecular weight excluding hydrogens is 265 g/mol. The van der Waals surface area contributed by atoms with Crippen molar-refractivity contribution < 1.29 is 4.79 Å². The summed E-state index contributed by atoms with van der Waals surface area (Å²) in [5.41, 5.74) is 0.650. The summed E-state index contributed by atoms with van der Waals surface area (Å²) in [6, 6.07) is 5.34. The Balaban J connectivity index is 2.31. The topological polar surface area (TPSA) is 20.3 Å². The number of hydrogen-bond acceptors (Lipinski definition) is 1. The van der Waals surface area contributed by atoms with Gasteiger partial charge in [0.2, 0.25) is 0 Å². The standard InChI is InChI=1S/C10H9BrClNO/c11-9-7(3-1-4-8(9)12)10(14)13-5-2-6-13/h1,3-4H,2,5-6H2. The molecule has 1 heterocycles. The molecule has 0 spiro atoms. The summed E-state index contributed by atoms with van der Waals surface area (Å²) >= 11 is 9.23. The van der Waals surface area contributed by atoms with Crippen LogP contribution in [0.15, 0.2) is 22.7 Å². The zero-order chi connectivity index (χ0) is 10.1. The van der Waals surface area contributed by atoms with Crippen LogP contribution in [0.4, 0.5) is 0 Å². The fraction of sp³-hybridized carbons (Fsp3) is 0.300. The normalized spacial score (nSPS) is 15.1. The molecule has 0 atom stereocenters. The van der Waals surface area contributed by atoms with Crippen molar-refractivity contribution in [3.63, 3.8) is 0 Å². The summed E-state index contributed by atoms with van der Waals surface area (Å²) in [6.45, 7) is 1.72. The van der Waals surface area contributed by atoms with Gasteiger partial charge in [0.05, 0.1) is 10.6 Å². The van der Waals surface area contributed by atoms with E-state index in [1.165, 1.54) is 0 Å². The number of hydrogen-bond donors (Lipinski definition) is 0. The molecule has 14 heavy (non-hydrogen) atoms. The lowest BCUT2D eigenvalue weighted by molar-refractivity contribution is 0.0651. The van der Waals surface area contributed by atoms with E-state index < -0.39 is 0 Å². The Morgan fingerprint density at radius 2 is 2.14 bits per heavy atom. The maximum absolute atomic E-state index is 11.8. The predicted octanol–water partition coefficient (Wildman–Crippen LogP) is 2.95. The highest BCUT2D eigenvalue weighted by molar-refractivity contribution is 9.10. The largest absolute Gasteiger partial charge is 0.338 e. The highest BCUT2D eigenvalue weighted by Crippen LogP contribution is 2.27. The Morgan fingerprint density at radius 3 is 2.71 bits per heavy atom. The van der Waals surface area contributed by atoms with Crippen LogP contribution >= 0.6 is 27.5 Å². The van der Waals surface area contributed by atoms with E-state index in [0.717, 1.165) is 19.5 Å². The van der Waals surface area contributed by atoms with Gasteiger partial charge in [-0.05, 0) is 34.5 Å². The molecule has 4 heteroatoms. The first-order valence-corrected chi connectivity index (χ1v) is 5.60. The van der Waals surface area contributed by atoms with Crippen molar-refractivity contribution in [3.8, 4) is 0 Å². The fourth-order valence-electron chi connectivity index (χ4n) is 1.36. The van der Waals surface area contributed by atoms with E-state index in [2.05, 4.69) is 15.9 Å². The summed E-state index contributed by atoms with van der Waals surface area (Å²) in [6.07, 6.45) is 1.10. The molecule has 1 saturated heterocycles. The zero-order valence-corrected chi connectivity index (χ0v) is 9.81. The van der Waals surface area contributed by atoms with Crippen molar-refractivity contribution in [2.24, 2.45) is 0 Å². The first kappa shape index (κ1) is 9.99. The Kier molecular flexibility index (Phi) is 2.79. The van der Waals surface area contributed by atoms with E-state index in [0.29, 0.717) is 15.1 Å². The van der Waals surface area contributed by atoms with Crippen LogP contribution in [-0.2, 0) is 0 Å². The third kappa shape index (κ3) is 1.66. The molecule has 0 N–H and O–H groups in total. The van der Waals surface area contributed by atoms with Gasteiger partial charge in [0.1, 0.15) is 0 Å². The smallest absolute Gasteiger partial charge is 0.255 e. The molecule has 0 saturated carbocycles. The van der Waals surface area contributed by atoms with Crippen molar-refractivity contribution in [1.82, 2.24) is 4.90 Å². The number of amides is 1. The van der Waals surface area contributed by atoms with Crippen LogP contribution in [-0.4, -0.2) is 23.9 Å². The molecule has 1 aliphatic heterocycles. The summed E-state index contributed by atoms with van der Waals surface area (Å²) in [5, 5.41) is 0.580. The van der Waals surface area contributed by atoms with Gasteiger partial charge in [-0.15, -0.1) is 0 Å². The van der Waals surface area contributed by atoms with Gasteiger partial charge in [0.15, 0.2) is 0 Å². The number of benzene rings is 1. The van der Waals surface area contributed by atoms with E-state index >= 15 is 0 Å². The molecule has 1 fully saturated rings. The van der Waals surface area contributed by atoms with Crippen molar-refractivity contribution in [2.45, 2.75) is 6.42 Å². The lowest BCUT2D eigenvalue weighted by atomic mass is 10.1. The second-order valence-corrected chi connectivity index (χ2v) is 4.45. The Morgan fingerprint density at radius 1 is 1.43 bits per heavy atom. The van der Waals surface area contributed by atoms with Gasteiger partial charge in [-0.3, -0.25) is 4.79 Å². The molecule has 2 rings (SSSR count). The Hall–Kier alpha value is -0.540. The minimum absolute atomic E-state index is 0.0608. The number of halogens is 2. The molecular formula is C10H9BrClNO. The Bertz CT molecular complexity index is 376. The van der Waals surface area contributed by atoms with Gasteiger partial charge in [0, 0.05) is 17.6 Å². The van der Waals surface area contributed by atoms with E-state index in [1.807, 2.05) is 4.90 Å². The first-order chi connectivity index (χ1) is 6.70. The van der Waals surface area contributed by atoms with Crippen LogP contribution in [0.25, 0.3) is 0 Å². The van der Waals surface area contributed by atoms with E-state index in [-0.39, 0.29) is 5.91 Å². The molecule has 74 valence electrons. The third-order valence-electron chi connectivity index (χ3n) is 2.33. The summed E-state index contributed by atoms with van der Waals surface area (Å²) in [7, 11) is 0. The van der Waals surface area contributed by atoms with Gasteiger partial charge in [-0.1, -0.05) is 17.7 Å². The van der Waals surface area contributed by atoms with Gasteiger partial charge in [-0.2, -0.15) is 0 Å². The zero-order valence-electron chi connectivity index (χ0n) is 7.46. The van der Waals surface area contributed by atoms with Gasteiger partial charge in [0.25, 0.3) is 5.91 Å². The number of nitrogens with zero attached hydrogens (tertiary/aromatic N) is 1. The monoisotopic (exact) mass is 273 g/mol. The highest BCUT2D eigenvalue weighted by Gasteiger charge is 2.23. The van der Waals surface area contributed by atoms with Crippen LogP contribution in [0.5, 0.6) is 0 Å². The summed E-state index contributed by atoms with van der Waals surface area (Å²) in [5.74, 6) is 0.0608. The molecule has 1 aromatic carbocycles. The predicted molar refractivity (Wildman–Crippen MR) is 59.7 cm³/mol. The lowest BCUT2D eigenvalue weighted by Gasteiger charge is -2.31. The van der Waals surface area contributed by atoms with Crippen LogP contribution in [0, 0.1) is 0 Å². The van der Waals surface area contributed by atoms with Crippen LogP contribution < -0.4 is 0 Å². The van der Waals surface area contributed by atoms with Gasteiger partial charge >= 0.3 is 0 Å². The number of carbonyl (C=O) groups is 1. The van der Waals surface area contributed by atoms with Crippen molar-refractivity contribution in [3.05, 3.63) is 33.3 Å². The first-order valence-electron chi connectivity index (χ1n) is 4.43. The minimum atomic E-state index is 0.0608.